The molecule has 1 unspecified atom stereocenters. The molecule has 15 heavy (non-hydrogen) atoms. The molecule has 0 saturated carbocycles. The van der Waals surface area contributed by atoms with E-state index in [1.807, 2.05) is 18.2 Å². The summed E-state index contributed by atoms with van der Waals surface area (Å²) in [7, 11) is 1.66. The molecule has 1 atom stereocenters. The lowest BCUT2D eigenvalue weighted by Gasteiger charge is -2.16. The third-order valence-electron chi connectivity index (χ3n) is 2.36. The Morgan fingerprint density at radius 3 is 2.73 bits per heavy atom. The Morgan fingerprint density at radius 1 is 1.53 bits per heavy atom. The average molecular weight is 273 g/mol. The summed E-state index contributed by atoms with van der Waals surface area (Å²) in [6, 6.07) is 6.22. The minimum absolute atomic E-state index is 0.206. The number of ether oxygens (including phenoxy) is 1. The van der Waals surface area contributed by atoms with Gasteiger partial charge in [-0.3, -0.25) is 11.3 Å². The van der Waals surface area contributed by atoms with E-state index < -0.39 is 0 Å². The van der Waals surface area contributed by atoms with Gasteiger partial charge in [-0.2, -0.15) is 0 Å². The summed E-state index contributed by atoms with van der Waals surface area (Å²) < 4.78 is 6.13. The molecule has 0 aliphatic heterocycles. The van der Waals surface area contributed by atoms with E-state index >= 15 is 0 Å². The van der Waals surface area contributed by atoms with E-state index in [9.17, 15) is 0 Å². The second-order valence-electron chi connectivity index (χ2n) is 3.40. The predicted molar refractivity (Wildman–Crippen MR) is 65.7 cm³/mol. The molecule has 0 fully saturated rings. The first-order chi connectivity index (χ1) is 7.22. The molecular formula is C11H17BrN2O. The van der Waals surface area contributed by atoms with Crippen molar-refractivity contribution in [2.24, 2.45) is 5.84 Å². The lowest BCUT2D eigenvalue weighted by atomic mass is 10.0. The van der Waals surface area contributed by atoms with E-state index in [0.29, 0.717) is 0 Å². The summed E-state index contributed by atoms with van der Waals surface area (Å²) in [5, 5.41) is 0. The van der Waals surface area contributed by atoms with E-state index in [0.717, 1.165) is 23.1 Å². The van der Waals surface area contributed by atoms with Gasteiger partial charge in [0.2, 0.25) is 0 Å². The summed E-state index contributed by atoms with van der Waals surface area (Å²) in [6.45, 7) is 2.14. The molecule has 4 heteroatoms. The van der Waals surface area contributed by atoms with Crippen LogP contribution in [0.2, 0.25) is 0 Å². The van der Waals surface area contributed by atoms with E-state index in [4.69, 9.17) is 10.6 Å². The molecule has 0 spiro atoms. The van der Waals surface area contributed by atoms with Gasteiger partial charge in [0.1, 0.15) is 5.75 Å². The molecule has 0 radical (unpaired) electrons. The zero-order chi connectivity index (χ0) is 11.3. The maximum atomic E-state index is 5.51. The first kappa shape index (κ1) is 12.5. The van der Waals surface area contributed by atoms with Crippen LogP contribution in [0.15, 0.2) is 22.7 Å². The van der Waals surface area contributed by atoms with E-state index in [1.165, 1.54) is 5.56 Å². The normalized spacial score (nSPS) is 12.5. The van der Waals surface area contributed by atoms with Gasteiger partial charge >= 0.3 is 0 Å². The van der Waals surface area contributed by atoms with Crippen molar-refractivity contribution in [1.29, 1.82) is 0 Å². The lowest BCUT2D eigenvalue weighted by molar-refractivity contribution is 0.411. The van der Waals surface area contributed by atoms with Crippen LogP contribution in [0.3, 0.4) is 0 Å². The van der Waals surface area contributed by atoms with E-state index in [2.05, 4.69) is 28.3 Å². The minimum Gasteiger partial charge on any atom is -0.496 e. The van der Waals surface area contributed by atoms with Crippen LogP contribution in [0.1, 0.15) is 31.4 Å². The molecular weight excluding hydrogens is 256 g/mol. The monoisotopic (exact) mass is 272 g/mol. The fraction of sp³-hybridized carbons (Fsp3) is 0.455. The maximum Gasteiger partial charge on any atom is 0.133 e. The van der Waals surface area contributed by atoms with Crippen molar-refractivity contribution in [2.45, 2.75) is 25.8 Å². The third kappa shape index (κ3) is 3.19. The van der Waals surface area contributed by atoms with Gasteiger partial charge < -0.3 is 4.74 Å². The van der Waals surface area contributed by atoms with E-state index in [-0.39, 0.29) is 6.04 Å². The third-order valence-corrected chi connectivity index (χ3v) is 2.98. The summed E-state index contributed by atoms with van der Waals surface area (Å²) in [6.07, 6.45) is 2.12. The van der Waals surface area contributed by atoms with Gasteiger partial charge in [-0.25, -0.2) is 0 Å². The molecule has 3 N–H and O–H groups in total. The molecule has 84 valence electrons. The summed E-state index contributed by atoms with van der Waals surface area (Å²) in [5.41, 5.74) is 4.00. The number of halogens is 1. The molecule has 1 aromatic carbocycles. The molecule has 1 rings (SSSR count). The standard InChI is InChI=1S/C11H17BrN2O/c1-3-4-10(14-13)8-5-6-11(15-2)9(12)7-8/h5-7,10,14H,3-4,13H2,1-2H3. The highest BCUT2D eigenvalue weighted by Crippen LogP contribution is 2.29. The highest BCUT2D eigenvalue weighted by Gasteiger charge is 2.10. The average Bonchev–Trinajstić information content (AvgIpc) is 2.25. The second-order valence-corrected chi connectivity index (χ2v) is 4.26. The lowest BCUT2D eigenvalue weighted by Crippen LogP contribution is -2.27. The highest BCUT2D eigenvalue weighted by atomic mass is 79.9. The summed E-state index contributed by atoms with van der Waals surface area (Å²) in [5.74, 6) is 6.35. The first-order valence-corrected chi connectivity index (χ1v) is 5.81. The largest absolute Gasteiger partial charge is 0.496 e. The zero-order valence-electron chi connectivity index (χ0n) is 9.09. The van der Waals surface area contributed by atoms with Crippen LogP contribution >= 0.6 is 15.9 Å². The smallest absolute Gasteiger partial charge is 0.133 e. The van der Waals surface area contributed by atoms with Crippen LogP contribution in [0.5, 0.6) is 5.75 Å². The van der Waals surface area contributed by atoms with Crippen molar-refractivity contribution in [3.05, 3.63) is 28.2 Å². The Bertz CT molecular complexity index is 317. The Morgan fingerprint density at radius 2 is 2.27 bits per heavy atom. The molecule has 0 heterocycles. The first-order valence-electron chi connectivity index (χ1n) is 5.02. The van der Waals surface area contributed by atoms with Crippen LogP contribution in [-0.4, -0.2) is 7.11 Å². The van der Waals surface area contributed by atoms with Crippen molar-refractivity contribution >= 4 is 15.9 Å². The quantitative estimate of drug-likeness (QED) is 0.640. The Labute approximate surface area is 99.1 Å². The van der Waals surface area contributed by atoms with Crippen LogP contribution in [0.25, 0.3) is 0 Å². The zero-order valence-corrected chi connectivity index (χ0v) is 10.7. The molecule has 0 aliphatic rings. The van der Waals surface area contributed by atoms with Crippen molar-refractivity contribution in [3.63, 3.8) is 0 Å². The van der Waals surface area contributed by atoms with E-state index in [1.54, 1.807) is 7.11 Å². The van der Waals surface area contributed by atoms with Crippen molar-refractivity contribution in [1.82, 2.24) is 5.43 Å². The van der Waals surface area contributed by atoms with Crippen LogP contribution in [-0.2, 0) is 0 Å². The molecule has 0 aromatic heterocycles. The second kappa shape index (κ2) is 6.10. The number of nitrogens with one attached hydrogen (secondary N) is 1. The number of rotatable bonds is 5. The molecule has 0 bridgehead atoms. The van der Waals surface area contributed by atoms with Crippen molar-refractivity contribution < 1.29 is 4.74 Å². The molecule has 0 saturated heterocycles. The summed E-state index contributed by atoms with van der Waals surface area (Å²) >= 11 is 3.46. The number of nitrogens with two attached hydrogens (primary N) is 1. The van der Waals surface area contributed by atoms with Gasteiger partial charge in [0.05, 0.1) is 11.6 Å². The molecule has 3 nitrogen and oxygen atoms in total. The number of benzene rings is 1. The fourth-order valence-corrected chi connectivity index (χ4v) is 2.09. The SMILES string of the molecule is CCCC(NN)c1ccc(OC)c(Br)c1. The number of methoxy groups -OCH3 is 1. The molecule has 1 aromatic rings. The van der Waals surface area contributed by atoms with Gasteiger partial charge in [0.25, 0.3) is 0 Å². The van der Waals surface area contributed by atoms with Crippen LogP contribution in [0, 0.1) is 0 Å². The Hall–Kier alpha value is -0.580. The Balaban J connectivity index is 2.89. The number of hydrogen-bond acceptors (Lipinski definition) is 3. The Kier molecular flexibility index (Phi) is 5.08. The van der Waals surface area contributed by atoms with Crippen molar-refractivity contribution in [2.75, 3.05) is 7.11 Å². The van der Waals surface area contributed by atoms with Crippen LogP contribution < -0.4 is 16.0 Å². The van der Waals surface area contributed by atoms with Gasteiger partial charge in [0.15, 0.2) is 0 Å². The number of hydrogen-bond donors (Lipinski definition) is 2. The topological polar surface area (TPSA) is 47.3 Å². The van der Waals surface area contributed by atoms with Crippen LogP contribution in [0.4, 0.5) is 0 Å². The van der Waals surface area contributed by atoms with Gasteiger partial charge in [-0.15, -0.1) is 0 Å². The highest BCUT2D eigenvalue weighted by molar-refractivity contribution is 9.10. The fourth-order valence-electron chi connectivity index (χ4n) is 1.53. The van der Waals surface area contributed by atoms with Gasteiger partial charge in [0, 0.05) is 6.04 Å². The predicted octanol–water partition coefficient (Wildman–Crippen LogP) is 2.76. The molecule has 0 aliphatic carbocycles. The van der Waals surface area contributed by atoms with Gasteiger partial charge in [-0.05, 0) is 40.0 Å². The van der Waals surface area contributed by atoms with Gasteiger partial charge in [-0.1, -0.05) is 19.4 Å². The molecule has 0 amide bonds. The summed E-state index contributed by atoms with van der Waals surface area (Å²) in [4.78, 5) is 0. The van der Waals surface area contributed by atoms with Crippen molar-refractivity contribution in [3.8, 4) is 5.75 Å². The minimum atomic E-state index is 0.206. The number of hydrazine groups is 1. The maximum absolute atomic E-state index is 5.51.